The molecule has 1 atom stereocenters. The van der Waals surface area contributed by atoms with Gasteiger partial charge in [0.1, 0.15) is 0 Å². The molecule has 1 aromatic carbocycles. The van der Waals surface area contributed by atoms with Crippen molar-refractivity contribution in [2.45, 2.75) is 12.5 Å². The highest BCUT2D eigenvalue weighted by Crippen LogP contribution is 2.22. The highest BCUT2D eigenvalue weighted by Gasteiger charge is 2.17. The van der Waals surface area contributed by atoms with E-state index in [0.717, 1.165) is 5.56 Å². The number of hydrogen-bond donors (Lipinski definition) is 2. The topological polar surface area (TPSA) is 50.4 Å². The van der Waals surface area contributed by atoms with Crippen LogP contribution in [-0.4, -0.2) is 26.1 Å². The first-order valence-corrected chi connectivity index (χ1v) is 5.54. The standard InChI is InChI=1S/C12H15FN2O2/c1-17-11-6-8(2-3-9(11)13)10-7-15-12(16)4-5-14-10/h2-3,6,10,14H,4-5,7H2,1H3,(H,15,16). The summed E-state index contributed by atoms with van der Waals surface area (Å²) in [5.41, 5.74) is 0.908. The second kappa shape index (κ2) is 5.14. The molecule has 1 fully saturated rings. The molecule has 0 spiro atoms. The lowest BCUT2D eigenvalue weighted by Gasteiger charge is -2.16. The molecule has 0 saturated carbocycles. The third-order valence-electron chi connectivity index (χ3n) is 2.82. The summed E-state index contributed by atoms with van der Waals surface area (Å²) in [4.78, 5) is 11.2. The number of nitrogens with one attached hydrogen (secondary N) is 2. The normalized spacial score (nSPS) is 20.6. The smallest absolute Gasteiger partial charge is 0.221 e. The minimum atomic E-state index is -0.381. The van der Waals surface area contributed by atoms with Crippen molar-refractivity contribution in [3.8, 4) is 5.75 Å². The van der Waals surface area contributed by atoms with Gasteiger partial charge in [0.15, 0.2) is 11.6 Å². The number of halogens is 1. The van der Waals surface area contributed by atoms with Crippen LogP contribution in [0.1, 0.15) is 18.0 Å². The molecule has 1 amide bonds. The van der Waals surface area contributed by atoms with E-state index in [1.165, 1.54) is 13.2 Å². The summed E-state index contributed by atoms with van der Waals surface area (Å²) in [6.07, 6.45) is 0.467. The average Bonchev–Trinajstić information content (AvgIpc) is 2.55. The van der Waals surface area contributed by atoms with Crippen molar-refractivity contribution < 1.29 is 13.9 Å². The van der Waals surface area contributed by atoms with Crippen LogP contribution in [0.15, 0.2) is 18.2 Å². The van der Waals surface area contributed by atoms with Crippen LogP contribution in [0.25, 0.3) is 0 Å². The molecular formula is C12H15FN2O2. The number of amides is 1. The maximum absolute atomic E-state index is 13.3. The summed E-state index contributed by atoms with van der Waals surface area (Å²) in [5.74, 6) is -0.122. The van der Waals surface area contributed by atoms with E-state index in [-0.39, 0.29) is 23.5 Å². The summed E-state index contributed by atoms with van der Waals surface area (Å²) in [6.45, 7) is 1.13. The number of ether oxygens (including phenoxy) is 1. The fourth-order valence-corrected chi connectivity index (χ4v) is 1.87. The number of benzene rings is 1. The van der Waals surface area contributed by atoms with E-state index in [1.54, 1.807) is 12.1 Å². The molecule has 0 radical (unpaired) electrons. The third-order valence-corrected chi connectivity index (χ3v) is 2.82. The van der Waals surface area contributed by atoms with Gasteiger partial charge in [-0.2, -0.15) is 0 Å². The van der Waals surface area contributed by atoms with E-state index in [0.29, 0.717) is 19.5 Å². The van der Waals surface area contributed by atoms with Gasteiger partial charge in [0.25, 0.3) is 0 Å². The van der Waals surface area contributed by atoms with Gasteiger partial charge in [0.05, 0.1) is 7.11 Å². The Bertz CT molecular complexity index is 423. The van der Waals surface area contributed by atoms with Crippen molar-refractivity contribution >= 4 is 5.91 Å². The lowest BCUT2D eigenvalue weighted by Crippen LogP contribution is -2.28. The van der Waals surface area contributed by atoms with E-state index in [9.17, 15) is 9.18 Å². The maximum atomic E-state index is 13.3. The van der Waals surface area contributed by atoms with Crippen molar-refractivity contribution in [1.29, 1.82) is 0 Å². The number of carbonyl (C=O) groups excluding carboxylic acids is 1. The monoisotopic (exact) mass is 238 g/mol. The molecule has 1 aliphatic heterocycles. The van der Waals surface area contributed by atoms with Crippen molar-refractivity contribution in [2.24, 2.45) is 0 Å². The van der Waals surface area contributed by atoms with Crippen LogP contribution in [0, 0.1) is 5.82 Å². The lowest BCUT2D eigenvalue weighted by atomic mass is 10.1. The van der Waals surface area contributed by atoms with Gasteiger partial charge in [0, 0.05) is 25.6 Å². The van der Waals surface area contributed by atoms with E-state index in [1.807, 2.05) is 0 Å². The Labute approximate surface area is 99.2 Å². The third kappa shape index (κ3) is 2.74. The Kier molecular flexibility index (Phi) is 3.58. The highest BCUT2D eigenvalue weighted by molar-refractivity contribution is 5.76. The first-order valence-electron chi connectivity index (χ1n) is 5.54. The molecule has 0 aromatic heterocycles. The van der Waals surface area contributed by atoms with Gasteiger partial charge in [-0.25, -0.2) is 4.39 Å². The number of hydrogen-bond acceptors (Lipinski definition) is 3. The Morgan fingerprint density at radius 1 is 1.47 bits per heavy atom. The first-order chi connectivity index (χ1) is 8.20. The zero-order chi connectivity index (χ0) is 12.3. The van der Waals surface area contributed by atoms with Crippen molar-refractivity contribution in [3.63, 3.8) is 0 Å². The van der Waals surface area contributed by atoms with Gasteiger partial charge in [-0.1, -0.05) is 6.07 Å². The van der Waals surface area contributed by atoms with Crippen LogP contribution in [0.4, 0.5) is 4.39 Å². The Hall–Kier alpha value is -1.62. The predicted octanol–water partition coefficient (Wildman–Crippen LogP) is 0.985. The van der Waals surface area contributed by atoms with Crippen molar-refractivity contribution in [1.82, 2.24) is 10.6 Å². The summed E-state index contributed by atoms with van der Waals surface area (Å²) < 4.78 is 18.2. The quantitative estimate of drug-likeness (QED) is 0.807. The van der Waals surface area contributed by atoms with Gasteiger partial charge in [0.2, 0.25) is 5.91 Å². The van der Waals surface area contributed by atoms with Gasteiger partial charge < -0.3 is 15.4 Å². The molecule has 1 heterocycles. The van der Waals surface area contributed by atoms with E-state index >= 15 is 0 Å². The number of carbonyl (C=O) groups is 1. The number of rotatable bonds is 2. The number of methoxy groups -OCH3 is 1. The zero-order valence-corrected chi connectivity index (χ0v) is 9.63. The van der Waals surface area contributed by atoms with Gasteiger partial charge in [-0.05, 0) is 17.7 Å². The fourth-order valence-electron chi connectivity index (χ4n) is 1.87. The summed E-state index contributed by atoms with van der Waals surface area (Å²) in [5, 5.41) is 6.05. The predicted molar refractivity (Wildman–Crippen MR) is 61.3 cm³/mol. The zero-order valence-electron chi connectivity index (χ0n) is 9.63. The maximum Gasteiger partial charge on any atom is 0.221 e. The lowest BCUT2D eigenvalue weighted by molar-refractivity contribution is -0.120. The van der Waals surface area contributed by atoms with Gasteiger partial charge >= 0.3 is 0 Å². The van der Waals surface area contributed by atoms with Crippen LogP contribution in [-0.2, 0) is 4.79 Å². The second-order valence-electron chi connectivity index (χ2n) is 3.95. The first kappa shape index (κ1) is 11.9. The average molecular weight is 238 g/mol. The molecule has 4 nitrogen and oxygen atoms in total. The van der Waals surface area contributed by atoms with Gasteiger partial charge in [-0.15, -0.1) is 0 Å². The highest BCUT2D eigenvalue weighted by atomic mass is 19.1. The SMILES string of the molecule is COc1cc(C2CNC(=O)CCN2)ccc1F. The largest absolute Gasteiger partial charge is 0.494 e. The Morgan fingerprint density at radius 3 is 3.06 bits per heavy atom. The molecule has 92 valence electrons. The summed E-state index contributed by atoms with van der Waals surface area (Å²) in [6, 6.07) is 4.73. The summed E-state index contributed by atoms with van der Waals surface area (Å²) in [7, 11) is 1.44. The Morgan fingerprint density at radius 2 is 2.29 bits per heavy atom. The molecule has 17 heavy (non-hydrogen) atoms. The minimum absolute atomic E-state index is 0.00375. The van der Waals surface area contributed by atoms with Gasteiger partial charge in [-0.3, -0.25) is 4.79 Å². The van der Waals surface area contributed by atoms with E-state index < -0.39 is 0 Å². The van der Waals surface area contributed by atoms with E-state index in [4.69, 9.17) is 4.74 Å². The molecule has 0 bridgehead atoms. The van der Waals surface area contributed by atoms with E-state index in [2.05, 4.69) is 10.6 Å². The minimum Gasteiger partial charge on any atom is -0.494 e. The molecular weight excluding hydrogens is 223 g/mol. The molecule has 2 N–H and O–H groups in total. The molecule has 5 heteroatoms. The van der Waals surface area contributed by atoms with Crippen LogP contribution in [0.5, 0.6) is 5.75 Å². The summed E-state index contributed by atoms with van der Waals surface area (Å²) >= 11 is 0. The molecule has 1 saturated heterocycles. The fraction of sp³-hybridized carbons (Fsp3) is 0.417. The van der Waals surface area contributed by atoms with Crippen LogP contribution in [0.3, 0.4) is 0 Å². The molecule has 0 aliphatic carbocycles. The van der Waals surface area contributed by atoms with Crippen LogP contribution >= 0.6 is 0 Å². The molecule has 2 rings (SSSR count). The van der Waals surface area contributed by atoms with Crippen LogP contribution < -0.4 is 15.4 Å². The Balaban J connectivity index is 2.18. The molecule has 1 unspecified atom stereocenters. The molecule has 1 aliphatic rings. The van der Waals surface area contributed by atoms with Crippen molar-refractivity contribution in [3.05, 3.63) is 29.6 Å². The second-order valence-corrected chi connectivity index (χ2v) is 3.95. The van der Waals surface area contributed by atoms with Crippen LogP contribution in [0.2, 0.25) is 0 Å². The molecule has 1 aromatic rings. The van der Waals surface area contributed by atoms with Crippen molar-refractivity contribution in [2.75, 3.05) is 20.2 Å².